The van der Waals surface area contributed by atoms with Gasteiger partial charge in [-0.25, -0.2) is 9.57 Å². The van der Waals surface area contributed by atoms with Gasteiger partial charge in [-0.3, -0.25) is 38.8 Å². The summed E-state index contributed by atoms with van der Waals surface area (Å²) in [6.07, 6.45) is 6.55. The Hall–Kier alpha value is -3.48. The second kappa shape index (κ2) is 14.3. The molecular formula is C28H40N5O9P. The van der Waals surface area contributed by atoms with Crippen LogP contribution in [0.5, 0.6) is 5.75 Å². The van der Waals surface area contributed by atoms with Gasteiger partial charge in [0.1, 0.15) is 23.9 Å². The molecule has 236 valence electrons. The van der Waals surface area contributed by atoms with E-state index < -0.39 is 43.7 Å². The lowest BCUT2D eigenvalue weighted by Gasteiger charge is -2.43. The summed E-state index contributed by atoms with van der Waals surface area (Å²) in [5.74, 6) is -1.99. The smallest absolute Gasteiger partial charge is 0.404 e. The van der Waals surface area contributed by atoms with Crippen LogP contribution in [0.15, 0.2) is 24.3 Å². The van der Waals surface area contributed by atoms with Crippen LogP contribution in [0.4, 0.5) is 0 Å². The molecule has 0 radical (unpaired) electrons. The first-order chi connectivity index (χ1) is 20.4. The summed E-state index contributed by atoms with van der Waals surface area (Å²) < 4.78 is 15.6. The van der Waals surface area contributed by atoms with Crippen LogP contribution in [0, 0.1) is 5.92 Å². The standard InChI is InChI=1S/C28H40N5O9P/c1-18(34)30-23(16-19-9-11-21(12-10-19)42-43(39,40)41)26(36)31-22-13-14-25(35)32-15-5-8-24(33(32)28(22)38)27(37)29-17-20-6-3-2-4-7-20/h9-12,20,22-24H,2-8,13-17H2,1H3,(H,29,37)(H,30,34)(H,31,36)(H2,39,40,41)/t22-,23-,24-/m0/s1. The summed E-state index contributed by atoms with van der Waals surface area (Å²) in [6.45, 7) is 2.07. The van der Waals surface area contributed by atoms with E-state index in [1.165, 1.54) is 47.6 Å². The molecule has 0 aromatic heterocycles. The van der Waals surface area contributed by atoms with Crippen molar-refractivity contribution < 1.29 is 42.8 Å². The summed E-state index contributed by atoms with van der Waals surface area (Å²) in [5.41, 5.74) is 0.547. The van der Waals surface area contributed by atoms with Gasteiger partial charge in [-0.15, -0.1) is 0 Å². The van der Waals surface area contributed by atoms with Gasteiger partial charge in [0, 0.05) is 32.9 Å². The van der Waals surface area contributed by atoms with Crippen molar-refractivity contribution in [3.8, 4) is 5.75 Å². The summed E-state index contributed by atoms with van der Waals surface area (Å²) in [7, 11) is -4.74. The molecule has 5 amide bonds. The van der Waals surface area contributed by atoms with Crippen molar-refractivity contribution in [2.24, 2.45) is 5.92 Å². The van der Waals surface area contributed by atoms with E-state index in [1.807, 2.05) is 0 Å². The zero-order valence-corrected chi connectivity index (χ0v) is 25.1. The molecule has 2 heterocycles. The number of carbonyl (C=O) groups is 5. The number of amides is 5. The predicted molar refractivity (Wildman–Crippen MR) is 153 cm³/mol. The largest absolute Gasteiger partial charge is 0.524 e. The molecule has 2 aliphatic heterocycles. The van der Waals surface area contributed by atoms with Crippen LogP contribution < -0.4 is 20.5 Å². The SMILES string of the molecule is CC(=O)N[C@@H](Cc1ccc(OP(=O)(O)O)cc1)C(=O)N[C@H]1CCC(=O)N2CCC[C@@H](C(=O)NCC3CCCCC3)N2C1=O. The number of hydrogen-bond donors (Lipinski definition) is 5. The average Bonchev–Trinajstić information content (AvgIpc) is 3.08. The number of phosphoric acid groups is 1. The molecule has 1 saturated carbocycles. The van der Waals surface area contributed by atoms with Crippen LogP contribution in [0.25, 0.3) is 0 Å². The van der Waals surface area contributed by atoms with E-state index >= 15 is 0 Å². The van der Waals surface area contributed by atoms with Crippen molar-refractivity contribution in [2.75, 3.05) is 13.1 Å². The fraction of sp³-hybridized carbons (Fsp3) is 0.607. The molecule has 15 heteroatoms. The van der Waals surface area contributed by atoms with Gasteiger partial charge in [0.2, 0.25) is 23.6 Å². The maximum absolute atomic E-state index is 13.8. The Morgan fingerprint density at radius 3 is 2.37 bits per heavy atom. The minimum Gasteiger partial charge on any atom is -0.404 e. The maximum Gasteiger partial charge on any atom is 0.524 e. The molecule has 0 bridgehead atoms. The normalized spacial score (nSPS) is 22.2. The van der Waals surface area contributed by atoms with Crippen LogP contribution in [-0.4, -0.2) is 80.6 Å². The van der Waals surface area contributed by atoms with E-state index in [0.717, 1.165) is 25.7 Å². The topological polar surface area (TPSA) is 195 Å². The number of phosphoric ester groups is 1. The third kappa shape index (κ3) is 9.01. The molecular weight excluding hydrogens is 581 g/mol. The minimum atomic E-state index is -4.74. The molecule has 3 atom stereocenters. The van der Waals surface area contributed by atoms with Crippen LogP contribution in [0.2, 0.25) is 0 Å². The minimum absolute atomic E-state index is 0.00345. The number of hydrogen-bond acceptors (Lipinski definition) is 7. The number of hydrazine groups is 1. The van der Waals surface area contributed by atoms with Gasteiger partial charge in [-0.2, -0.15) is 0 Å². The quantitative estimate of drug-likeness (QED) is 0.236. The van der Waals surface area contributed by atoms with Crippen LogP contribution in [-0.2, 0) is 35.0 Å². The fourth-order valence-electron chi connectivity index (χ4n) is 5.95. The van der Waals surface area contributed by atoms with E-state index in [0.29, 0.717) is 37.4 Å². The Morgan fingerprint density at radius 1 is 1.02 bits per heavy atom. The summed E-state index contributed by atoms with van der Waals surface area (Å²) >= 11 is 0. The second-order valence-electron chi connectivity index (χ2n) is 11.4. The zero-order valence-electron chi connectivity index (χ0n) is 24.2. The molecule has 1 aromatic rings. The van der Waals surface area contributed by atoms with Gasteiger partial charge in [-0.05, 0) is 55.7 Å². The number of benzene rings is 1. The summed E-state index contributed by atoms with van der Waals surface area (Å²) in [4.78, 5) is 83.4. The van der Waals surface area contributed by atoms with Crippen molar-refractivity contribution >= 4 is 37.4 Å². The van der Waals surface area contributed by atoms with E-state index in [-0.39, 0.29) is 36.8 Å². The van der Waals surface area contributed by atoms with Crippen molar-refractivity contribution in [3.05, 3.63) is 29.8 Å². The average molecular weight is 622 g/mol. The molecule has 14 nitrogen and oxygen atoms in total. The highest BCUT2D eigenvalue weighted by Crippen LogP contribution is 2.37. The molecule has 4 rings (SSSR count). The second-order valence-corrected chi connectivity index (χ2v) is 12.6. The van der Waals surface area contributed by atoms with Gasteiger partial charge in [0.15, 0.2) is 0 Å². The highest BCUT2D eigenvalue weighted by Gasteiger charge is 2.45. The molecule has 2 saturated heterocycles. The highest BCUT2D eigenvalue weighted by atomic mass is 31.2. The van der Waals surface area contributed by atoms with E-state index in [2.05, 4.69) is 20.5 Å². The van der Waals surface area contributed by atoms with E-state index in [4.69, 9.17) is 9.79 Å². The molecule has 5 N–H and O–H groups in total. The molecule has 3 aliphatic rings. The van der Waals surface area contributed by atoms with Crippen molar-refractivity contribution in [1.29, 1.82) is 0 Å². The first kappa shape index (κ1) is 32.4. The molecule has 0 spiro atoms. The fourth-order valence-corrected chi connectivity index (χ4v) is 6.34. The number of nitrogens with one attached hydrogen (secondary N) is 3. The number of carbonyl (C=O) groups excluding carboxylic acids is 5. The molecule has 1 aromatic carbocycles. The van der Waals surface area contributed by atoms with Gasteiger partial charge in [0.25, 0.3) is 5.91 Å². The third-order valence-corrected chi connectivity index (χ3v) is 8.50. The third-order valence-electron chi connectivity index (χ3n) is 8.05. The maximum atomic E-state index is 13.8. The Bertz CT molecular complexity index is 1250. The monoisotopic (exact) mass is 621 g/mol. The summed E-state index contributed by atoms with van der Waals surface area (Å²) in [5, 5.41) is 10.8. The van der Waals surface area contributed by atoms with E-state index in [9.17, 15) is 28.5 Å². The van der Waals surface area contributed by atoms with Crippen molar-refractivity contribution in [1.82, 2.24) is 26.0 Å². The Labute approximate surface area is 250 Å². The number of fused-ring (bicyclic) bond motifs is 1. The highest BCUT2D eigenvalue weighted by molar-refractivity contribution is 7.46. The van der Waals surface area contributed by atoms with Crippen molar-refractivity contribution in [3.63, 3.8) is 0 Å². The molecule has 43 heavy (non-hydrogen) atoms. The van der Waals surface area contributed by atoms with Gasteiger partial charge in [0.05, 0.1) is 0 Å². The molecule has 0 unspecified atom stereocenters. The molecule has 3 fully saturated rings. The zero-order chi connectivity index (χ0) is 31.1. The van der Waals surface area contributed by atoms with Crippen LogP contribution in [0.3, 0.4) is 0 Å². The molecule has 1 aliphatic carbocycles. The first-order valence-corrected chi connectivity index (χ1v) is 16.3. The van der Waals surface area contributed by atoms with E-state index in [1.54, 1.807) is 0 Å². The van der Waals surface area contributed by atoms with Gasteiger partial charge >= 0.3 is 7.82 Å². The Morgan fingerprint density at radius 2 is 1.72 bits per heavy atom. The van der Waals surface area contributed by atoms with Gasteiger partial charge in [-0.1, -0.05) is 31.4 Å². The first-order valence-electron chi connectivity index (χ1n) is 14.7. The Kier molecular flexibility index (Phi) is 10.8. The Balaban J connectivity index is 1.45. The number of nitrogens with zero attached hydrogens (tertiary/aromatic N) is 2. The van der Waals surface area contributed by atoms with Crippen LogP contribution in [0.1, 0.15) is 70.3 Å². The summed E-state index contributed by atoms with van der Waals surface area (Å²) in [6, 6.07) is 2.57. The van der Waals surface area contributed by atoms with Crippen LogP contribution >= 0.6 is 7.82 Å². The van der Waals surface area contributed by atoms with Gasteiger partial charge < -0.3 is 20.5 Å². The van der Waals surface area contributed by atoms with Crippen molar-refractivity contribution in [2.45, 2.75) is 89.3 Å². The number of rotatable bonds is 10. The lowest BCUT2D eigenvalue weighted by atomic mass is 9.89. The lowest BCUT2D eigenvalue weighted by Crippen LogP contribution is -2.64. The lowest BCUT2D eigenvalue weighted by molar-refractivity contribution is -0.176. The predicted octanol–water partition coefficient (Wildman–Crippen LogP) is 0.915.